The van der Waals surface area contributed by atoms with Crippen molar-refractivity contribution in [2.24, 2.45) is 5.41 Å². The molecule has 0 aromatic heterocycles. The number of benzene rings is 2. The fourth-order valence-electron chi connectivity index (χ4n) is 5.47. The number of carbonyl (C=O) groups excluding carboxylic acids is 3. The fraction of sp³-hybridized carbons (Fsp3) is 0.585. The number of ether oxygens (including phenoxy) is 5. The number of unbranched alkanes of at least 4 members (excludes halogenated alkanes) is 12. The molecule has 8 heteroatoms. The highest BCUT2D eigenvalue weighted by molar-refractivity contribution is 5.90. The summed E-state index contributed by atoms with van der Waals surface area (Å²) in [6, 6.07) is 18.9. The van der Waals surface area contributed by atoms with Gasteiger partial charge in [-0.15, -0.1) is 0 Å². The fourth-order valence-corrected chi connectivity index (χ4v) is 5.47. The summed E-state index contributed by atoms with van der Waals surface area (Å²) in [6.07, 6.45) is 13.8. The van der Waals surface area contributed by atoms with E-state index in [4.69, 9.17) is 23.7 Å². The van der Waals surface area contributed by atoms with Gasteiger partial charge in [0.1, 0.15) is 19.8 Å². The number of carbonyl (C=O) groups is 3. The maximum Gasteiger partial charge on any atom is 0.378 e. The second kappa shape index (κ2) is 22.0. The van der Waals surface area contributed by atoms with Gasteiger partial charge >= 0.3 is 17.9 Å². The lowest BCUT2D eigenvalue weighted by Gasteiger charge is -2.27. The van der Waals surface area contributed by atoms with Crippen LogP contribution in [0, 0.1) is 5.41 Å². The third-order valence-electron chi connectivity index (χ3n) is 8.47. The minimum atomic E-state index is -1.16. The van der Waals surface area contributed by atoms with Gasteiger partial charge in [0.15, 0.2) is 11.9 Å². The van der Waals surface area contributed by atoms with Gasteiger partial charge in [-0.25, -0.2) is 4.79 Å². The first-order valence-electron chi connectivity index (χ1n) is 18.3. The van der Waals surface area contributed by atoms with Crippen molar-refractivity contribution in [3.63, 3.8) is 0 Å². The summed E-state index contributed by atoms with van der Waals surface area (Å²) in [5.74, 6) is -1.65. The lowest BCUT2D eigenvalue weighted by Crippen LogP contribution is -2.41. The van der Waals surface area contributed by atoms with Crippen molar-refractivity contribution in [1.29, 1.82) is 0 Å². The number of esters is 3. The number of hydrogen-bond acceptors (Lipinski definition) is 8. The van der Waals surface area contributed by atoms with Crippen molar-refractivity contribution in [2.45, 2.75) is 143 Å². The second-order valence-corrected chi connectivity index (χ2v) is 13.9. The topological polar surface area (TPSA) is 97.4 Å². The molecule has 0 amide bonds. The molecular weight excluding hydrogens is 620 g/mol. The molecule has 49 heavy (non-hydrogen) atoms. The zero-order valence-electron chi connectivity index (χ0n) is 30.2. The molecule has 2 atom stereocenters. The Hall–Kier alpha value is -3.81. The van der Waals surface area contributed by atoms with Crippen LogP contribution in [0.4, 0.5) is 0 Å². The van der Waals surface area contributed by atoms with Gasteiger partial charge in [0.2, 0.25) is 11.9 Å². The molecule has 1 heterocycles. The summed E-state index contributed by atoms with van der Waals surface area (Å²) in [6.45, 7) is 7.37. The molecule has 0 spiro atoms. The highest BCUT2D eigenvalue weighted by atomic mass is 16.6. The van der Waals surface area contributed by atoms with Crippen molar-refractivity contribution < 1.29 is 38.1 Å². The van der Waals surface area contributed by atoms with E-state index in [1.165, 1.54) is 64.2 Å². The Balaban J connectivity index is 1.57. The van der Waals surface area contributed by atoms with Crippen molar-refractivity contribution >= 4 is 17.9 Å². The van der Waals surface area contributed by atoms with E-state index in [0.29, 0.717) is 0 Å². The van der Waals surface area contributed by atoms with Crippen LogP contribution in [0.1, 0.15) is 129 Å². The quantitative estimate of drug-likeness (QED) is 0.0615. The summed E-state index contributed by atoms with van der Waals surface area (Å²) in [5, 5.41) is 0. The average molecular weight is 679 g/mol. The van der Waals surface area contributed by atoms with Crippen LogP contribution in [0.3, 0.4) is 0 Å². The van der Waals surface area contributed by atoms with Crippen molar-refractivity contribution in [1.82, 2.24) is 0 Å². The molecule has 2 aromatic carbocycles. The predicted molar refractivity (Wildman–Crippen MR) is 190 cm³/mol. The van der Waals surface area contributed by atoms with E-state index >= 15 is 0 Å². The van der Waals surface area contributed by atoms with Gasteiger partial charge in [-0.05, 0) is 38.3 Å². The standard InChI is InChI=1S/C41H58O8/c1-5-6-7-8-9-10-11-12-13-14-15-16-23-28-35(42)45-31-34(48-40(44)41(2,3)4)36-37(46-29-32-24-19-17-20-25-32)38(39(43)49-36)47-30-33-26-21-18-22-27-33/h17-22,24-27,34,36H,5-16,23,28-31H2,1-4H3/t34-,36+/m0/s1. The Labute approximate surface area is 293 Å². The van der Waals surface area contributed by atoms with Crippen LogP contribution in [0.5, 0.6) is 0 Å². The van der Waals surface area contributed by atoms with Gasteiger partial charge in [-0.1, -0.05) is 145 Å². The Morgan fingerprint density at radius 2 is 1.20 bits per heavy atom. The molecule has 0 saturated heterocycles. The summed E-state index contributed by atoms with van der Waals surface area (Å²) < 4.78 is 29.3. The van der Waals surface area contributed by atoms with Gasteiger partial charge in [0.05, 0.1) is 5.41 Å². The zero-order valence-corrected chi connectivity index (χ0v) is 30.2. The first-order chi connectivity index (χ1) is 23.7. The SMILES string of the molecule is CCCCCCCCCCCCCCCC(=O)OC[C@H](OC(=O)C(C)(C)C)[C@H]1OC(=O)C(OCc2ccccc2)=C1OCc1ccccc1. The summed E-state index contributed by atoms with van der Waals surface area (Å²) in [5.41, 5.74) is 0.871. The highest BCUT2D eigenvalue weighted by Gasteiger charge is 2.46. The molecule has 2 aromatic rings. The second-order valence-electron chi connectivity index (χ2n) is 13.9. The van der Waals surface area contributed by atoms with Crippen LogP contribution in [0.25, 0.3) is 0 Å². The number of cyclic esters (lactones) is 1. The minimum absolute atomic E-state index is 0.0973. The lowest BCUT2D eigenvalue weighted by molar-refractivity contribution is -0.177. The van der Waals surface area contributed by atoms with Gasteiger partial charge in [-0.3, -0.25) is 9.59 Å². The maximum absolute atomic E-state index is 13.2. The molecule has 0 radical (unpaired) electrons. The van der Waals surface area contributed by atoms with Gasteiger partial charge in [-0.2, -0.15) is 0 Å². The first kappa shape index (κ1) is 39.6. The predicted octanol–water partition coefficient (Wildman–Crippen LogP) is 9.54. The summed E-state index contributed by atoms with van der Waals surface area (Å²) in [4.78, 5) is 39.0. The largest absolute Gasteiger partial charge is 0.485 e. The van der Waals surface area contributed by atoms with Crippen molar-refractivity contribution in [3.05, 3.63) is 83.3 Å². The molecule has 270 valence electrons. The molecule has 0 bridgehead atoms. The zero-order chi connectivity index (χ0) is 35.3. The monoisotopic (exact) mass is 678 g/mol. The van der Waals surface area contributed by atoms with Crippen LogP contribution in [-0.4, -0.2) is 36.7 Å². The van der Waals surface area contributed by atoms with E-state index in [2.05, 4.69) is 6.92 Å². The van der Waals surface area contributed by atoms with Crippen LogP contribution in [-0.2, 0) is 51.3 Å². The molecule has 8 nitrogen and oxygen atoms in total. The Bertz CT molecular complexity index is 1280. The lowest BCUT2D eigenvalue weighted by atomic mass is 9.97. The van der Waals surface area contributed by atoms with E-state index in [-0.39, 0.29) is 43.7 Å². The van der Waals surface area contributed by atoms with Gasteiger partial charge < -0.3 is 23.7 Å². The Kier molecular flexibility index (Phi) is 17.8. The van der Waals surface area contributed by atoms with E-state index in [1.807, 2.05) is 60.7 Å². The number of rotatable bonds is 24. The molecule has 0 N–H and O–H groups in total. The molecule has 0 fully saturated rings. The molecule has 0 aliphatic carbocycles. The number of hydrogen-bond donors (Lipinski definition) is 0. The summed E-state index contributed by atoms with van der Waals surface area (Å²) >= 11 is 0. The van der Waals surface area contributed by atoms with Crippen molar-refractivity contribution in [2.75, 3.05) is 6.61 Å². The Morgan fingerprint density at radius 1 is 0.714 bits per heavy atom. The van der Waals surface area contributed by atoms with Crippen LogP contribution in [0.2, 0.25) is 0 Å². The molecule has 0 unspecified atom stereocenters. The molecule has 1 aliphatic heterocycles. The van der Waals surface area contributed by atoms with E-state index in [9.17, 15) is 14.4 Å². The third kappa shape index (κ3) is 15.1. The normalized spacial score (nSPS) is 15.1. The van der Waals surface area contributed by atoms with Gasteiger partial charge in [0.25, 0.3) is 0 Å². The Morgan fingerprint density at radius 3 is 1.71 bits per heavy atom. The van der Waals surface area contributed by atoms with Gasteiger partial charge in [0, 0.05) is 6.42 Å². The molecule has 1 aliphatic rings. The van der Waals surface area contributed by atoms with E-state index in [1.54, 1.807) is 20.8 Å². The van der Waals surface area contributed by atoms with E-state index in [0.717, 1.165) is 30.4 Å². The summed E-state index contributed by atoms with van der Waals surface area (Å²) in [7, 11) is 0. The molecule has 0 saturated carbocycles. The van der Waals surface area contributed by atoms with Crippen LogP contribution < -0.4 is 0 Å². The highest BCUT2D eigenvalue weighted by Crippen LogP contribution is 2.31. The van der Waals surface area contributed by atoms with Crippen molar-refractivity contribution in [3.8, 4) is 0 Å². The average Bonchev–Trinajstić information content (AvgIpc) is 3.41. The first-order valence-corrected chi connectivity index (χ1v) is 18.3. The molecule has 3 rings (SSSR count). The maximum atomic E-state index is 13.2. The minimum Gasteiger partial charge on any atom is -0.485 e. The smallest absolute Gasteiger partial charge is 0.378 e. The van der Waals surface area contributed by atoms with Crippen LogP contribution in [0.15, 0.2) is 72.2 Å². The van der Waals surface area contributed by atoms with E-state index < -0.39 is 29.6 Å². The molecular formula is C41H58O8. The van der Waals surface area contributed by atoms with Crippen LogP contribution >= 0.6 is 0 Å². The third-order valence-corrected chi connectivity index (χ3v) is 8.47.